The van der Waals surface area contributed by atoms with E-state index in [2.05, 4.69) is 26.1 Å². The first kappa shape index (κ1) is 9.27. The van der Waals surface area contributed by atoms with Gasteiger partial charge in [0.25, 0.3) is 0 Å². The average molecular weight is 253 g/mol. The molecule has 0 radical (unpaired) electrons. The van der Waals surface area contributed by atoms with Crippen molar-refractivity contribution in [1.82, 2.24) is 10.2 Å². The summed E-state index contributed by atoms with van der Waals surface area (Å²) in [5.41, 5.74) is 2.03. The highest BCUT2D eigenvalue weighted by Crippen LogP contribution is 2.33. The number of hydrogen-bond donors (Lipinski definition) is 1. The third-order valence-electron chi connectivity index (χ3n) is 1.99. The number of methoxy groups -OCH3 is 1. The molecule has 0 saturated heterocycles. The zero-order valence-electron chi connectivity index (χ0n) is 7.62. The molecule has 2 rings (SSSR count). The van der Waals surface area contributed by atoms with E-state index >= 15 is 0 Å². The number of para-hydroxylation sites is 1. The summed E-state index contributed by atoms with van der Waals surface area (Å²) in [4.78, 5) is 0. The summed E-state index contributed by atoms with van der Waals surface area (Å²) in [6.07, 6.45) is 1.77. The van der Waals surface area contributed by atoms with E-state index in [1.165, 1.54) is 0 Å². The topological polar surface area (TPSA) is 37.9 Å². The molecule has 0 saturated carbocycles. The molecular formula is C10H9BrN2O. The summed E-state index contributed by atoms with van der Waals surface area (Å²) in [7, 11) is 1.66. The number of nitrogens with zero attached hydrogens (tertiary/aromatic N) is 1. The second-order valence-corrected chi connectivity index (χ2v) is 3.59. The monoisotopic (exact) mass is 252 g/mol. The van der Waals surface area contributed by atoms with Gasteiger partial charge in [0.05, 0.1) is 13.3 Å². The number of aromatic amines is 1. The lowest BCUT2D eigenvalue weighted by Gasteiger charge is -2.05. The van der Waals surface area contributed by atoms with Crippen LogP contribution in [0.15, 0.2) is 35.1 Å². The normalized spacial score (nSPS) is 10.1. The van der Waals surface area contributed by atoms with Gasteiger partial charge in [-0.1, -0.05) is 18.2 Å². The van der Waals surface area contributed by atoms with E-state index in [-0.39, 0.29) is 0 Å². The van der Waals surface area contributed by atoms with Gasteiger partial charge >= 0.3 is 0 Å². The molecule has 0 fully saturated rings. The molecule has 0 bridgehead atoms. The van der Waals surface area contributed by atoms with Gasteiger partial charge in [-0.3, -0.25) is 5.10 Å². The van der Waals surface area contributed by atoms with Gasteiger partial charge in [-0.15, -0.1) is 0 Å². The van der Waals surface area contributed by atoms with Crippen LogP contribution in [0.3, 0.4) is 0 Å². The van der Waals surface area contributed by atoms with Gasteiger partial charge in [0.1, 0.15) is 10.4 Å². The van der Waals surface area contributed by atoms with E-state index in [9.17, 15) is 0 Å². The van der Waals surface area contributed by atoms with Crippen LogP contribution in [-0.4, -0.2) is 17.3 Å². The number of ether oxygens (including phenoxy) is 1. The Morgan fingerprint density at radius 3 is 2.71 bits per heavy atom. The Morgan fingerprint density at radius 1 is 1.29 bits per heavy atom. The van der Waals surface area contributed by atoms with Crippen molar-refractivity contribution >= 4 is 15.9 Å². The van der Waals surface area contributed by atoms with Crippen LogP contribution in [0.2, 0.25) is 0 Å². The number of halogens is 1. The highest BCUT2D eigenvalue weighted by Gasteiger charge is 2.09. The number of rotatable bonds is 2. The molecule has 72 valence electrons. The molecule has 0 aliphatic heterocycles. The van der Waals surface area contributed by atoms with E-state index in [0.29, 0.717) is 0 Å². The first-order valence-corrected chi connectivity index (χ1v) is 4.94. The summed E-state index contributed by atoms with van der Waals surface area (Å²) < 4.78 is 6.12. The minimum atomic E-state index is 0.842. The molecule has 1 aromatic carbocycles. The number of aromatic nitrogens is 2. The fourth-order valence-electron chi connectivity index (χ4n) is 1.33. The van der Waals surface area contributed by atoms with Crippen LogP contribution in [0, 0.1) is 0 Å². The molecular weight excluding hydrogens is 244 g/mol. The minimum absolute atomic E-state index is 0.842. The van der Waals surface area contributed by atoms with E-state index < -0.39 is 0 Å². The van der Waals surface area contributed by atoms with E-state index in [4.69, 9.17) is 4.74 Å². The maximum Gasteiger partial charge on any atom is 0.126 e. The van der Waals surface area contributed by atoms with Crippen LogP contribution < -0.4 is 4.74 Å². The largest absolute Gasteiger partial charge is 0.496 e. The van der Waals surface area contributed by atoms with Crippen molar-refractivity contribution in [2.45, 2.75) is 0 Å². The van der Waals surface area contributed by atoms with E-state index in [1.54, 1.807) is 13.3 Å². The van der Waals surface area contributed by atoms with Crippen molar-refractivity contribution in [2.24, 2.45) is 0 Å². The van der Waals surface area contributed by atoms with E-state index in [0.717, 1.165) is 21.5 Å². The molecule has 0 aliphatic carbocycles. The third kappa shape index (κ3) is 1.53. The highest BCUT2D eigenvalue weighted by molar-refractivity contribution is 9.10. The van der Waals surface area contributed by atoms with Crippen molar-refractivity contribution in [2.75, 3.05) is 7.11 Å². The van der Waals surface area contributed by atoms with Gasteiger partial charge in [0, 0.05) is 11.1 Å². The fraction of sp³-hybridized carbons (Fsp3) is 0.100. The Morgan fingerprint density at radius 2 is 2.07 bits per heavy atom. The summed E-state index contributed by atoms with van der Waals surface area (Å²) in [5, 5.41) is 6.78. The third-order valence-corrected chi connectivity index (χ3v) is 2.59. The lowest BCUT2D eigenvalue weighted by atomic mass is 10.1. The lowest BCUT2D eigenvalue weighted by molar-refractivity contribution is 0.416. The zero-order valence-corrected chi connectivity index (χ0v) is 9.21. The van der Waals surface area contributed by atoms with Crippen molar-refractivity contribution in [1.29, 1.82) is 0 Å². The van der Waals surface area contributed by atoms with E-state index in [1.807, 2.05) is 24.3 Å². The fourth-order valence-corrected chi connectivity index (χ4v) is 1.74. The van der Waals surface area contributed by atoms with Crippen LogP contribution in [0.4, 0.5) is 0 Å². The van der Waals surface area contributed by atoms with Crippen LogP contribution in [0.25, 0.3) is 11.1 Å². The quantitative estimate of drug-likeness (QED) is 0.893. The van der Waals surface area contributed by atoms with Crippen LogP contribution in [0.5, 0.6) is 5.75 Å². The number of H-pyrrole nitrogens is 1. The summed E-state index contributed by atoms with van der Waals surface area (Å²) in [6, 6.07) is 7.83. The number of hydrogen-bond acceptors (Lipinski definition) is 2. The molecule has 3 nitrogen and oxygen atoms in total. The maximum atomic E-state index is 5.26. The van der Waals surface area contributed by atoms with Crippen LogP contribution in [0.1, 0.15) is 0 Å². The van der Waals surface area contributed by atoms with Crippen molar-refractivity contribution in [3.05, 3.63) is 35.1 Å². The average Bonchev–Trinajstić information content (AvgIpc) is 2.64. The molecule has 14 heavy (non-hydrogen) atoms. The van der Waals surface area contributed by atoms with Crippen molar-refractivity contribution < 1.29 is 4.74 Å². The molecule has 1 heterocycles. The Hall–Kier alpha value is -1.29. The van der Waals surface area contributed by atoms with Crippen molar-refractivity contribution in [3.8, 4) is 16.9 Å². The molecule has 1 aromatic heterocycles. The maximum absolute atomic E-state index is 5.26. The highest BCUT2D eigenvalue weighted by atomic mass is 79.9. The predicted octanol–water partition coefficient (Wildman–Crippen LogP) is 2.85. The lowest BCUT2D eigenvalue weighted by Crippen LogP contribution is -1.86. The molecule has 0 atom stereocenters. The molecule has 1 N–H and O–H groups in total. The number of nitrogens with one attached hydrogen (secondary N) is 1. The van der Waals surface area contributed by atoms with Gasteiger partial charge in [-0.2, -0.15) is 5.10 Å². The Kier molecular flexibility index (Phi) is 2.54. The van der Waals surface area contributed by atoms with Gasteiger partial charge in [-0.25, -0.2) is 0 Å². The Balaban J connectivity index is 2.56. The summed E-state index contributed by atoms with van der Waals surface area (Å²) in [5.74, 6) is 0.842. The van der Waals surface area contributed by atoms with Crippen molar-refractivity contribution in [3.63, 3.8) is 0 Å². The van der Waals surface area contributed by atoms with Gasteiger partial charge in [0.2, 0.25) is 0 Å². The SMILES string of the molecule is COc1ccccc1-c1cn[nH]c1Br. The van der Waals surface area contributed by atoms with Gasteiger partial charge in [-0.05, 0) is 22.0 Å². The van der Waals surface area contributed by atoms with Gasteiger partial charge in [0.15, 0.2) is 0 Å². The minimum Gasteiger partial charge on any atom is -0.496 e. The first-order valence-electron chi connectivity index (χ1n) is 4.15. The Bertz CT molecular complexity index is 439. The first-order chi connectivity index (χ1) is 6.83. The molecule has 0 amide bonds. The van der Waals surface area contributed by atoms with Crippen LogP contribution in [-0.2, 0) is 0 Å². The second-order valence-electron chi connectivity index (χ2n) is 2.80. The molecule has 0 aliphatic rings. The summed E-state index contributed by atoms with van der Waals surface area (Å²) in [6.45, 7) is 0. The van der Waals surface area contributed by atoms with Crippen LogP contribution >= 0.6 is 15.9 Å². The van der Waals surface area contributed by atoms with Gasteiger partial charge < -0.3 is 4.74 Å². The predicted molar refractivity (Wildman–Crippen MR) is 58.3 cm³/mol. The Labute approximate surface area is 90.2 Å². The summed E-state index contributed by atoms with van der Waals surface area (Å²) >= 11 is 3.39. The second kappa shape index (κ2) is 3.84. The zero-order chi connectivity index (χ0) is 9.97. The molecule has 0 unspecified atom stereocenters. The number of benzene rings is 1. The standard InChI is InChI=1S/C10H9BrN2O/c1-14-9-5-3-2-4-7(9)8-6-12-13-10(8)11/h2-6H,1H3,(H,12,13). The molecule has 4 heteroatoms. The molecule has 2 aromatic rings. The molecule has 0 spiro atoms. The smallest absolute Gasteiger partial charge is 0.126 e.